The quantitative estimate of drug-likeness (QED) is 0.574. The Morgan fingerprint density at radius 3 is 2.46 bits per heavy atom. The van der Waals surface area contributed by atoms with Crippen LogP contribution >= 0.6 is 27.5 Å². The highest BCUT2D eigenvalue weighted by Gasteiger charge is 2.59. The van der Waals surface area contributed by atoms with E-state index in [9.17, 15) is 9.59 Å². The van der Waals surface area contributed by atoms with Crippen molar-refractivity contribution >= 4 is 39.3 Å². The third-order valence-corrected chi connectivity index (χ3v) is 7.01. The van der Waals surface area contributed by atoms with Gasteiger partial charge in [-0.3, -0.25) is 20.4 Å². The van der Waals surface area contributed by atoms with E-state index in [1.54, 1.807) is 24.3 Å². The van der Waals surface area contributed by atoms with Gasteiger partial charge in [0.25, 0.3) is 5.91 Å². The van der Waals surface area contributed by atoms with Crippen LogP contribution in [0.4, 0.5) is 0 Å². The molecule has 0 aromatic heterocycles. The molecule has 4 bridgehead atoms. The zero-order valence-corrected chi connectivity index (χ0v) is 15.6. The molecule has 6 heteroatoms. The third kappa shape index (κ3) is 2.86. The fourth-order valence-corrected chi connectivity index (χ4v) is 7.01. The Balaban J connectivity index is 1.44. The number of halogens is 2. The van der Waals surface area contributed by atoms with Crippen molar-refractivity contribution in [3.8, 4) is 0 Å². The molecule has 0 heterocycles. The van der Waals surface area contributed by atoms with Gasteiger partial charge in [0.2, 0.25) is 5.91 Å². The van der Waals surface area contributed by atoms with Crippen molar-refractivity contribution < 1.29 is 9.59 Å². The molecule has 4 atom stereocenters. The lowest BCUT2D eigenvalue weighted by Gasteiger charge is -2.59. The average molecular weight is 412 g/mol. The van der Waals surface area contributed by atoms with E-state index in [2.05, 4.69) is 26.8 Å². The van der Waals surface area contributed by atoms with Crippen LogP contribution in [0, 0.1) is 17.3 Å². The lowest BCUT2D eigenvalue weighted by atomic mass is 9.49. The molecule has 1 aromatic carbocycles. The highest BCUT2D eigenvalue weighted by atomic mass is 79.9. The van der Waals surface area contributed by atoms with Gasteiger partial charge in [-0.05, 0) is 68.6 Å². The Kier molecular flexibility index (Phi) is 3.92. The van der Waals surface area contributed by atoms with Gasteiger partial charge >= 0.3 is 0 Å². The minimum absolute atomic E-state index is 0.0456. The van der Waals surface area contributed by atoms with Crippen LogP contribution in [0.5, 0.6) is 0 Å². The molecule has 1 aromatic rings. The van der Waals surface area contributed by atoms with Crippen LogP contribution in [0.2, 0.25) is 5.02 Å². The molecule has 4 aliphatic rings. The third-order valence-electron chi connectivity index (χ3n) is 5.85. The van der Waals surface area contributed by atoms with Crippen LogP contribution in [0.25, 0.3) is 0 Å². The van der Waals surface area contributed by atoms with Gasteiger partial charge in [0.05, 0.1) is 5.41 Å². The van der Waals surface area contributed by atoms with Crippen LogP contribution in [0.1, 0.15) is 48.9 Å². The Labute approximate surface area is 154 Å². The average Bonchev–Trinajstić information content (AvgIpc) is 2.49. The molecular weight excluding hydrogens is 392 g/mol. The predicted molar refractivity (Wildman–Crippen MR) is 95.8 cm³/mol. The Morgan fingerprint density at radius 1 is 1.12 bits per heavy atom. The first-order valence-electron chi connectivity index (χ1n) is 8.43. The standard InChI is InChI=1S/C18H20BrClN2O2/c19-18-8-11-4-12(9-18)7-17(6-11,10-18)16(24)22-21-15(23)13-2-1-3-14(20)5-13/h1-3,5,11-12H,4,6-10H2,(H,21,23)(H,22,24)/t11-,12+,17?,18?. The van der Waals surface area contributed by atoms with Crippen LogP contribution in [-0.2, 0) is 4.79 Å². The fraction of sp³-hybridized carbons (Fsp3) is 0.556. The van der Waals surface area contributed by atoms with E-state index in [-0.39, 0.29) is 21.6 Å². The monoisotopic (exact) mass is 410 g/mol. The number of carbonyl (C=O) groups is 2. The molecule has 0 spiro atoms. The first-order valence-corrected chi connectivity index (χ1v) is 9.60. The Morgan fingerprint density at radius 2 is 1.83 bits per heavy atom. The van der Waals surface area contributed by atoms with Gasteiger partial charge in [-0.25, -0.2) is 0 Å². The zero-order valence-electron chi connectivity index (χ0n) is 13.3. The SMILES string of the molecule is O=C(NNC(=O)C12C[C@@H]3C[C@@H](CC(Br)(C3)C1)C2)c1cccc(Cl)c1. The van der Waals surface area contributed by atoms with Crippen molar-refractivity contribution in [2.45, 2.75) is 42.8 Å². The second-order valence-electron chi connectivity index (χ2n) is 7.81. The van der Waals surface area contributed by atoms with Gasteiger partial charge in [-0.15, -0.1) is 0 Å². The summed E-state index contributed by atoms with van der Waals surface area (Å²) in [6.07, 6.45) is 6.34. The van der Waals surface area contributed by atoms with Crippen molar-refractivity contribution in [1.82, 2.24) is 10.9 Å². The highest BCUT2D eigenvalue weighted by Crippen LogP contribution is 2.64. The topological polar surface area (TPSA) is 58.2 Å². The zero-order chi connectivity index (χ0) is 16.9. The van der Waals surface area contributed by atoms with Crippen LogP contribution in [-0.4, -0.2) is 16.1 Å². The highest BCUT2D eigenvalue weighted by molar-refractivity contribution is 9.10. The fourth-order valence-electron chi connectivity index (χ4n) is 5.36. The minimum Gasteiger partial charge on any atom is -0.273 e. The Bertz CT molecular complexity index is 694. The summed E-state index contributed by atoms with van der Waals surface area (Å²) in [6.45, 7) is 0. The maximum absolute atomic E-state index is 12.9. The van der Waals surface area contributed by atoms with Crippen molar-refractivity contribution in [3.05, 3.63) is 34.9 Å². The van der Waals surface area contributed by atoms with Crippen molar-refractivity contribution in [2.75, 3.05) is 0 Å². The summed E-state index contributed by atoms with van der Waals surface area (Å²) >= 11 is 9.81. The molecule has 4 fully saturated rings. The second kappa shape index (κ2) is 5.73. The number of nitrogens with one attached hydrogen (secondary N) is 2. The molecule has 2 unspecified atom stereocenters. The number of hydrogen-bond acceptors (Lipinski definition) is 2. The Hall–Kier alpha value is -1.07. The van der Waals surface area contributed by atoms with E-state index in [1.165, 1.54) is 19.3 Å². The van der Waals surface area contributed by atoms with E-state index in [4.69, 9.17) is 11.6 Å². The van der Waals surface area contributed by atoms with E-state index < -0.39 is 0 Å². The minimum atomic E-state index is -0.343. The number of benzene rings is 1. The smallest absolute Gasteiger partial charge is 0.269 e. The van der Waals surface area contributed by atoms with E-state index in [0.717, 1.165) is 19.3 Å². The van der Waals surface area contributed by atoms with Gasteiger partial charge in [-0.2, -0.15) is 0 Å². The lowest BCUT2D eigenvalue weighted by molar-refractivity contribution is -0.144. The lowest BCUT2D eigenvalue weighted by Crippen LogP contribution is -2.60. The molecule has 2 N–H and O–H groups in total. The van der Waals surface area contributed by atoms with E-state index in [0.29, 0.717) is 22.4 Å². The molecule has 128 valence electrons. The summed E-state index contributed by atoms with van der Waals surface area (Å²) in [5.74, 6) is 0.861. The maximum Gasteiger partial charge on any atom is 0.269 e. The van der Waals surface area contributed by atoms with Gasteiger partial charge in [0.15, 0.2) is 0 Å². The molecule has 4 aliphatic carbocycles. The summed E-state index contributed by atoms with van der Waals surface area (Å²) in [5, 5.41) is 0.497. The molecule has 0 aliphatic heterocycles. The van der Waals surface area contributed by atoms with Crippen LogP contribution < -0.4 is 10.9 Å². The number of amides is 2. The molecule has 5 rings (SSSR count). The molecule has 0 saturated heterocycles. The van der Waals surface area contributed by atoms with Crippen molar-refractivity contribution in [2.24, 2.45) is 17.3 Å². The predicted octanol–water partition coefficient (Wildman–Crippen LogP) is 3.83. The maximum atomic E-state index is 12.9. The van der Waals surface area contributed by atoms with Crippen LogP contribution in [0.3, 0.4) is 0 Å². The van der Waals surface area contributed by atoms with Gasteiger partial charge in [0.1, 0.15) is 0 Å². The number of carbonyl (C=O) groups excluding carboxylic acids is 2. The van der Waals surface area contributed by atoms with E-state index in [1.807, 2.05) is 0 Å². The number of rotatable bonds is 2. The molecule has 0 radical (unpaired) electrons. The normalized spacial score (nSPS) is 36.4. The molecule has 24 heavy (non-hydrogen) atoms. The van der Waals surface area contributed by atoms with Gasteiger partial charge in [0, 0.05) is 14.9 Å². The van der Waals surface area contributed by atoms with Gasteiger partial charge < -0.3 is 0 Å². The summed E-state index contributed by atoms with van der Waals surface area (Å²) in [7, 11) is 0. The second-order valence-corrected chi connectivity index (χ2v) is 9.93. The van der Waals surface area contributed by atoms with E-state index >= 15 is 0 Å². The number of alkyl halides is 1. The van der Waals surface area contributed by atoms with Crippen molar-refractivity contribution in [1.29, 1.82) is 0 Å². The first-order chi connectivity index (χ1) is 11.4. The summed E-state index contributed by atoms with van der Waals surface area (Å²) in [6, 6.07) is 6.68. The molecule has 2 amide bonds. The molecule has 4 nitrogen and oxygen atoms in total. The van der Waals surface area contributed by atoms with Crippen molar-refractivity contribution in [3.63, 3.8) is 0 Å². The van der Waals surface area contributed by atoms with Crippen LogP contribution in [0.15, 0.2) is 24.3 Å². The number of hydrazine groups is 1. The van der Waals surface area contributed by atoms with Gasteiger partial charge in [-0.1, -0.05) is 33.6 Å². The molecular formula is C18H20BrClN2O2. The summed E-state index contributed by atoms with van der Waals surface area (Å²) in [5.41, 5.74) is 5.32. The molecule has 4 saturated carbocycles. The largest absolute Gasteiger partial charge is 0.273 e. The number of hydrogen-bond donors (Lipinski definition) is 2. The summed E-state index contributed by atoms with van der Waals surface area (Å²) in [4.78, 5) is 25.1. The first kappa shape index (κ1) is 16.4. The summed E-state index contributed by atoms with van der Waals surface area (Å²) < 4.78 is 0.116.